The molecule has 2 aliphatic heterocycles. The van der Waals surface area contributed by atoms with Crippen molar-refractivity contribution in [1.82, 2.24) is 19.7 Å². The van der Waals surface area contributed by atoms with Gasteiger partial charge in [-0.3, -0.25) is 9.69 Å². The van der Waals surface area contributed by atoms with Gasteiger partial charge in [0.2, 0.25) is 5.88 Å². The fraction of sp³-hybridized carbons (Fsp3) is 0.407. The van der Waals surface area contributed by atoms with E-state index in [1.165, 1.54) is 12.4 Å². The van der Waals surface area contributed by atoms with Crippen molar-refractivity contribution in [3.05, 3.63) is 69.7 Å². The quantitative estimate of drug-likeness (QED) is 0.434. The molecule has 0 radical (unpaired) electrons. The summed E-state index contributed by atoms with van der Waals surface area (Å²) in [6.45, 7) is 1.55. The topological polar surface area (TPSA) is 108 Å². The number of carbonyl (C=O) groups is 1. The summed E-state index contributed by atoms with van der Waals surface area (Å²) in [5, 5.41) is 6.97. The van der Waals surface area contributed by atoms with E-state index in [0.717, 1.165) is 23.1 Å². The minimum atomic E-state index is -1.52. The summed E-state index contributed by atoms with van der Waals surface area (Å²) in [4.78, 5) is 31.0. The van der Waals surface area contributed by atoms with E-state index in [9.17, 15) is 14.0 Å². The number of carbonyl (C=O) groups excluding carboxylic acids is 1. The van der Waals surface area contributed by atoms with E-state index in [4.69, 9.17) is 25.8 Å². The highest BCUT2D eigenvalue weighted by Gasteiger charge is 2.53. The highest BCUT2D eigenvalue weighted by Crippen LogP contribution is 2.52. The van der Waals surface area contributed by atoms with Crippen molar-refractivity contribution in [2.24, 2.45) is 0 Å². The second-order valence-corrected chi connectivity index (χ2v) is 10.4. The number of aromatic nitrogens is 3. The van der Waals surface area contributed by atoms with E-state index < -0.39 is 11.2 Å². The van der Waals surface area contributed by atoms with Crippen LogP contribution in [-0.2, 0) is 15.0 Å². The molecule has 3 aromatic rings. The molecule has 0 bridgehead atoms. The molecule has 1 saturated carbocycles. The molecule has 12 heteroatoms. The second-order valence-electron chi connectivity index (χ2n) is 10.0. The fourth-order valence-electron chi connectivity index (χ4n) is 5.08. The molecule has 1 amide bonds. The second kappa shape index (κ2) is 10.1. The summed E-state index contributed by atoms with van der Waals surface area (Å²) in [6.07, 6.45) is 5.41. The number of anilines is 1. The molecule has 1 aliphatic carbocycles. The van der Waals surface area contributed by atoms with E-state index in [1.807, 2.05) is 24.3 Å². The maximum Gasteiger partial charge on any atom is 0.410 e. The molecule has 204 valence electrons. The van der Waals surface area contributed by atoms with Crippen LogP contribution in [0.2, 0.25) is 5.02 Å². The van der Waals surface area contributed by atoms with Gasteiger partial charge in [-0.1, -0.05) is 23.7 Å². The van der Waals surface area contributed by atoms with Crippen molar-refractivity contribution in [1.29, 1.82) is 0 Å². The molecule has 3 fully saturated rings. The van der Waals surface area contributed by atoms with Crippen LogP contribution in [-0.4, -0.2) is 64.3 Å². The third-order valence-electron chi connectivity index (χ3n) is 7.37. The number of hydrogen-bond acceptors (Lipinski definition) is 8. The van der Waals surface area contributed by atoms with Gasteiger partial charge in [0.1, 0.15) is 17.4 Å². The van der Waals surface area contributed by atoms with Crippen LogP contribution in [0.3, 0.4) is 0 Å². The lowest BCUT2D eigenvalue weighted by molar-refractivity contribution is -0.0234. The molecule has 39 heavy (non-hydrogen) atoms. The Morgan fingerprint density at radius 3 is 2.54 bits per heavy atom. The highest BCUT2D eigenvalue weighted by atomic mass is 35.5. The third kappa shape index (κ3) is 5.04. The van der Waals surface area contributed by atoms with E-state index in [0.29, 0.717) is 49.9 Å². The predicted molar refractivity (Wildman–Crippen MR) is 141 cm³/mol. The minimum absolute atomic E-state index is 0.00215. The van der Waals surface area contributed by atoms with Crippen LogP contribution in [0.4, 0.5) is 14.9 Å². The first kappa shape index (κ1) is 25.6. The molecule has 1 aromatic carbocycles. The Kier molecular flexibility index (Phi) is 6.64. The van der Waals surface area contributed by atoms with Gasteiger partial charge in [-0.05, 0) is 49.4 Å². The molecule has 1 unspecified atom stereocenters. The Hall–Kier alpha value is -3.70. The summed E-state index contributed by atoms with van der Waals surface area (Å²) < 4.78 is 32.1. The van der Waals surface area contributed by atoms with Crippen LogP contribution >= 0.6 is 11.6 Å². The summed E-state index contributed by atoms with van der Waals surface area (Å²) in [6, 6.07) is 10.8. The van der Waals surface area contributed by atoms with Crippen molar-refractivity contribution in [3.8, 4) is 17.3 Å². The van der Waals surface area contributed by atoms with Crippen LogP contribution in [0, 0.1) is 0 Å². The van der Waals surface area contributed by atoms with Gasteiger partial charge in [0, 0.05) is 12.7 Å². The van der Waals surface area contributed by atoms with Crippen LogP contribution in [0.1, 0.15) is 31.2 Å². The third-order valence-corrected chi connectivity index (χ3v) is 7.73. The number of cyclic esters (lactones) is 1. The summed E-state index contributed by atoms with van der Waals surface area (Å²) in [5.74, 6) is 0.915. The summed E-state index contributed by atoms with van der Waals surface area (Å²) >= 11 is 6.29. The monoisotopic (exact) mass is 555 g/mol. The summed E-state index contributed by atoms with van der Waals surface area (Å²) in [7, 11) is 0. The SMILES string of the molecule is O=C1OCCN1C1(c2ccc(Oc3ccc(-n4ncc(NCC5(F)CCCOC5)c(Cl)c4=O)cn3)cc2)CC1. The molecular formula is C27H27ClFN5O5. The number of nitrogens with zero attached hydrogens (tertiary/aromatic N) is 4. The lowest BCUT2D eigenvalue weighted by atomic mass is 9.99. The van der Waals surface area contributed by atoms with Crippen molar-refractivity contribution in [3.63, 3.8) is 0 Å². The number of pyridine rings is 1. The zero-order valence-electron chi connectivity index (χ0n) is 21.1. The van der Waals surface area contributed by atoms with Crippen molar-refractivity contribution >= 4 is 23.4 Å². The Morgan fingerprint density at radius 1 is 1.08 bits per heavy atom. The molecular weight excluding hydrogens is 529 g/mol. The largest absolute Gasteiger partial charge is 0.448 e. The molecule has 1 N–H and O–H groups in total. The number of alkyl halides is 1. The van der Waals surface area contributed by atoms with Crippen LogP contribution in [0.15, 0.2) is 53.6 Å². The van der Waals surface area contributed by atoms with Crippen molar-refractivity contribution in [2.75, 3.05) is 38.2 Å². The highest BCUT2D eigenvalue weighted by molar-refractivity contribution is 6.32. The molecule has 3 aliphatic rings. The van der Waals surface area contributed by atoms with E-state index in [2.05, 4.69) is 15.4 Å². The normalized spacial score (nSPS) is 21.9. The molecule has 2 saturated heterocycles. The van der Waals surface area contributed by atoms with Gasteiger partial charge in [0.25, 0.3) is 5.56 Å². The number of halogens is 2. The van der Waals surface area contributed by atoms with Gasteiger partial charge < -0.3 is 19.5 Å². The first-order valence-corrected chi connectivity index (χ1v) is 13.2. The molecule has 6 rings (SSSR count). The van der Waals surface area contributed by atoms with E-state index in [1.54, 1.807) is 17.0 Å². The fourth-order valence-corrected chi connectivity index (χ4v) is 5.27. The number of ether oxygens (including phenoxy) is 3. The van der Waals surface area contributed by atoms with E-state index >= 15 is 0 Å². The Bertz CT molecular complexity index is 1420. The van der Waals surface area contributed by atoms with Crippen molar-refractivity contribution < 1.29 is 23.4 Å². The number of nitrogens with one attached hydrogen (secondary N) is 1. The molecule has 4 heterocycles. The van der Waals surface area contributed by atoms with Gasteiger partial charge in [-0.15, -0.1) is 0 Å². The Balaban J connectivity index is 1.11. The molecule has 10 nitrogen and oxygen atoms in total. The van der Waals surface area contributed by atoms with Gasteiger partial charge in [0.05, 0.1) is 49.0 Å². The maximum absolute atomic E-state index is 14.8. The Morgan fingerprint density at radius 2 is 1.90 bits per heavy atom. The first-order chi connectivity index (χ1) is 18.9. The van der Waals surface area contributed by atoms with Crippen LogP contribution in [0.25, 0.3) is 5.69 Å². The smallest absolute Gasteiger partial charge is 0.410 e. The number of amides is 1. The number of benzene rings is 1. The maximum atomic E-state index is 14.8. The zero-order chi connectivity index (χ0) is 27.0. The predicted octanol–water partition coefficient (Wildman–Crippen LogP) is 4.45. The first-order valence-electron chi connectivity index (χ1n) is 12.8. The molecule has 1 atom stereocenters. The van der Waals surface area contributed by atoms with Gasteiger partial charge in [-0.25, -0.2) is 14.2 Å². The average Bonchev–Trinajstić information content (AvgIpc) is 3.64. The number of rotatable bonds is 8. The van der Waals surface area contributed by atoms with Gasteiger partial charge >= 0.3 is 6.09 Å². The summed E-state index contributed by atoms with van der Waals surface area (Å²) in [5.41, 5.74) is -0.658. The molecule has 0 spiro atoms. The Labute approximate surface area is 228 Å². The van der Waals surface area contributed by atoms with Crippen LogP contribution in [0.5, 0.6) is 11.6 Å². The molecule has 2 aromatic heterocycles. The van der Waals surface area contributed by atoms with Crippen molar-refractivity contribution in [2.45, 2.75) is 36.9 Å². The average molecular weight is 556 g/mol. The minimum Gasteiger partial charge on any atom is -0.448 e. The lowest BCUT2D eigenvalue weighted by Crippen LogP contribution is -2.40. The van der Waals surface area contributed by atoms with Crippen LogP contribution < -0.4 is 15.6 Å². The van der Waals surface area contributed by atoms with Gasteiger partial charge in [-0.2, -0.15) is 9.78 Å². The number of hydrogen-bond donors (Lipinski definition) is 1. The van der Waals surface area contributed by atoms with Gasteiger partial charge in [0.15, 0.2) is 5.67 Å². The zero-order valence-corrected chi connectivity index (χ0v) is 21.8. The van der Waals surface area contributed by atoms with E-state index in [-0.39, 0.29) is 35.5 Å². The standard InChI is InChI=1S/C27H27ClFN5O5/c28-23-21(31-16-26(29)8-1-12-37-17-26)15-32-34(24(23)35)19-4-7-22(30-14-19)39-20-5-2-18(3-6-20)27(9-10-27)33-11-13-38-25(33)36/h2-7,14-15,31H,1,8-13,16-17H2. The lowest BCUT2D eigenvalue weighted by Gasteiger charge is -2.29.